The lowest BCUT2D eigenvalue weighted by atomic mass is 10.1. The molecule has 0 bridgehead atoms. The molecule has 6 heteroatoms. The Morgan fingerprint density at radius 1 is 1.38 bits per heavy atom. The van der Waals surface area contributed by atoms with Crippen LogP contribution in [0.1, 0.15) is 30.7 Å². The molecule has 2 atom stereocenters. The molecule has 1 aromatic rings. The average Bonchev–Trinajstić information content (AvgIpc) is 3.08. The van der Waals surface area contributed by atoms with Crippen LogP contribution in [-0.4, -0.2) is 53.1 Å². The number of hydrogen-bond acceptors (Lipinski definition) is 5. The molecule has 3 rings (SSSR count). The van der Waals surface area contributed by atoms with E-state index in [1.807, 2.05) is 17.9 Å². The summed E-state index contributed by atoms with van der Waals surface area (Å²) in [5, 5.41) is 3.91. The number of hydrogen-bond donors (Lipinski definition) is 1. The van der Waals surface area contributed by atoms with Gasteiger partial charge in [-0.05, 0) is 26.2 Å². The van der Waals surface area contributed by atoms with Crippen molar-refractivity contribution >= 4 is 5.91 Å². The summed E-state index contributed by atoms with van der Waals surface area (Å²) in [4.78, 5) is 16.8. The fourth-order valence-corrected chi connectivity index (χ4v) is 3.34. The number of amides is 1. The van der Waals surface area contributed by atoms with Gasteiger partial charge in [0.2, 0.25) is 5.91 Å². The molecule has 2 N–H and O–H groups in total. The summed E-state index contributed by atoms with van der Waals surface area (Å²) in [6.45, 7) is 6.09. The molecule has 0 aromatic carbocycles. The average molecular weight is 292 g/mol. The highest BCUT2D eigenvalue weighted by Crippen LogP contribution is 2.26. The minimum atomic E-state index is 0.156. The first-order valence-electron chi connectivity index (χ1n) is 7.81. The molecule has 1 saturated carbocycles. The first-order chi connectivity index (χ1) is 10.1. The molecular formula is C15H24N4O2. The first kappa shape index (κ1) is 14.5. The maximum atomic E-state index is 12.4. The minimum Gasteiger partial charge on any atom is -0.360 e. The van der Waals surface area contributed by atoms with E-state index in [4.69, 9.17) is 10.3 Å². The van der Waals surface area contributed by atoms with Gasteiger partial charge in [-0.1, -0.05) is 5.16 Å². The highest BCUT2D eigenvalue weighted by Gasteiger charge is 2.32. The minimum absolute atomic E-state index is 0.156. The fourth-order valence-electron chi connectivity index (χ4n) is 3.34. The second-order valence-corrected chi connectivity index (χ2v) is 6.31. The van der Waals surface area contributed by atoms with Gasteiger partial charge in [-0.25, -0.2) is 0 Å². The standard InChI is InChI=1S/C15H24N4O2/c1-11-8-14(21-17-11)10-18-4-6-19(7-5-18)15(20)12-2-3-13(16)9-12/h8,12-13H,2-7,9-10,16H2,1H3/t12-,13+/m0/s1. The molecule has 0 spiro atoms. The van der Waals surface area contributed by atoms with E-state index in [1.54, 1.807) is 0 Å². The van der Waals surface area contributed by atoms with Crippen LogP contribution in [0.15, 0.2) is 10.6 Å². The van der Waals surface area contributed by atoms with E-state index in [-0.39, 0.29) is 12.0 Å². The number of aromatic nitrogens is 1. The van der Waals surface area contributed by atoms with Crippen molar-refractivity contribution in [3.8, 4) is 0 Å². The molecule has 1 aliphatic heterocycles. The van der Waals surface area contributed by atoms with Gasteiger partial charge < -0.3 is 15.2 Å². The largest absolute Gasteiger partial charge is 0.360 e. The summed E-state index contributed by atoms with van der Waals surface area (Å²) in [5.74, 6) is 1.36. The number of carbonyl (C=O) groups excluding carboxylic acids is 1. The molecular weight excluding hydrogens is 268 g/mol. The third-order valence-corrected chi connectivity index (χ3v) is 4.56. The van der Waals surface area contributed by atoms with Crippen LogP contribution in [0.5, 0.6) is 0 Å². The van der Waals surface area contributed by atoms with E-state index < -0.39 is 0 Å². The Hall–Kier alpha value is -1.40. The van der Waals surface area contributed by atoms with Crippen molar-refractivity contribution in [1.29, 1.82) is 0 Å². The van der Waals surface area contributed by atoms with Crippen LogP contribution in [0.2, 0.25) is 0 Å². The number of carbonyl (C=O) groups is 1. The lowest BCUT2D eigenvalue weighted by molar-refractivity contribution is -0.137. The zero-order valence-electron chi connectivity index (χ0n) is 12.6. The smallest absolute Gasteiger partial charge is 0.225 e. The zero-order valence-corrected chi connectivity index (χ0v) is 12.6. The van der Waals surface area contributed by atoms with Crippen molar-refractivity contribution in [3.05, 3.63) is 17.5 Å². The molecule has 2 fully saturated rings. The van der Waals surface area contributed by atoms with E-state index in [9.17, 15) is 4.79 Å². The van der Waals surface area contributed by atoms with Crippen LogP contribution in [0, 0.1) is 12.8 Å². The van der Waals surface area contributed by atoms with Gasteiger partial charge in [0.25, 0.3) is 0 Å². The van der Waals surface area contributed by atoms with Crippen molar-refractivity contribution in [1.82, 2.24) is 15.0 Å². The van der Waals surface area contributed by atoms with Crippen LogP contribution < -0.4 is 5.73 Å². The topological polar surface area (TPSA) is 75.6 Å². The molecule has 2 heterocycles. The maximum Gasteiger partial charge on any atom is 0.225 e. The van der Waals surface area contributed by atoms with Crippen molar-refractivity contribution in [3.63, 3.8) is 0 Å². The molecule has 0 unspecified atom stereocenters. The maximum absolute atomic E-state index is 12.4. The van der Waals surface area contributed by atoms with Gasteiger partial charge in [0.15, 0.2) is 5.76 Å². The van der Waals surface area contributed by atoms with Crippen molar-refractivity contribution in [2.75, 3.05) is 26.2 Å². The van der Waals surface area contributed by atoms with Crippen LogP contribution >= 0.6 is 0 Å². The number of nitrogens with two attached hydrogens (primary N) is 1. The number of aryl methyl sites for hydroxylation is 1. The van der Waals surface area contributed by atoms with Crippen LogP contribution in [0.3, 0.4) is 0 Å². The molecule has 1 saturated heterocycles. The molecule has 1 aliphatic carbocycles. The summed E-state index contributed by atoms with van der Waals surface area (Å²) in [5.41, 5.74) is 6.82. The van der Waals surface area contributed by atoms with Crippen LogP contribution in [0.4, 0.5) is 0 Å². The van der Waals surface area contributed by atoms with Gasteiger partial charge in [-0.15, -0.1) is 0 Å². The Labute approximate surface area is 125 Å². The zero-order chi connectivity index (χ0) is 14.8. The molecule has 2 aliphatic rings. The van der Waals surface area contributed by atoms with Crippen molar-refractivity contribution in [2.24, 2.45) is 11.7 Å². The van der Waals surface area contributed by atoms with Gasteiger partial charge in [0.05, 0.1) is 12.2 Å². The Bertz CT molecular complexity index is 494. The summed E-state index contributed by atoms with van der Waals surface area (Å²) in [6.07, 6.45) is 2.80. The third-order valence-electron chi connectivity index (χ3n) is 4.56. The number of nitrogens with zero attached hydrogens (tertiary/aromatic N) is 3. The Balaban J connectivity index is 1.47. The summed E-state index contributed by atoms with van der Waals surface area (Å²) >= 11 is 0. The molecule has 6 nitrogen and oxygen atoms in total. The van der Waals surface area contributed by atoms with Gasteiger partial charge >= 0.3 is 0 Å². The first-order valence-corrected chi connectivity index (χ1v) is 7.81. The lowest BCUT2D eigenvalue weighted by Crippen LogP contribution is -2.49. The quantitative estimate of drug-likeness (QED) is 0.890. The van der Waals surface area contributed by atoms with E-state index in [0.29, 0.717) is 5.91 Å². The molecule has 21 heavy (non-hydrogen) atoms. The third kappa shape index (κ3) is 3.44. The highest BCUT2D eigenvalue weighted by atomic mass is 16.5. The second kappa shape index (κ2) is 6.15. The number of piperazine rings is 1. The lowest BCUT2D eigenvalue weighted by Gasteiger charge is -2.35. The predicted octanol–water partition coefficient (Wildman–Crippen LogP) is 0.755. The SMILES string of the molecule is Cc1cc(CN2CCN(C(=O)[C@H]3CC[C@@H](N)C3)CC2)on1. The van der Waals surface area contributed by atoms with Gasteiger partial charge in [-0.2, -0.15) is 0 Å². The summed E-state index contributed by atoms with van der Waals surface area (Å²) < 4.78 is 5.25. The van der Waals surface area contributed by atoms with Crippen molar-refractivity contribution in [2.45, 2.75) is 38.8 Å². The van der Waals surface area contributed by atoms with Gasteiger partial charge in [0, 0.05) is 44.2 Å². The molecule has 1 aromatic heterocycles. The fraction of sp³-hybridized carbons (Fsp3) is 0.733. The Kier molecular flexibility index (Phi) is 4.26. The van der Waals surface area contributed by atoms with Crippen LogP contribution in [0.25, 0.3) is 0 Å². The molecule has 1 amide bonds. The molecule has 0 radical (unpaired) electrons. The van der Waals surface area contributed by atoms with Crippen molar-refractivity contribution < 1.29 is 9.32 Å². The van der Waals surface area contributed by atoms with E-state index in [2.05, 4.69) is 10.1 Å². The van der Waals surface area contributed by atoms with E-state index in [1.165, 1.54) is 0 Å². The highest BCUT2D eigenvalue weighted by molar-refractivity contribution is 5.79. The van der Waals surface area contributed by atoms with E-state index >= 15 is 0 Å². The van der Waals surface area contributed by atoms with Gasteiger partial charge in [0.1, 0.15) is 0 Å². The Morgan fingerprint density at radius 3 is 2.71 bits per heavy atom. The van der Waals surface area contributed by atoms with E-state index in [0.717, 1.165) is 63.4 Å². The normalized spacial score (nSPS) is 27.2. The summed E-state index contributed by atoms with van der Waals surface area (Å²) in [7, 11) is 0. The molecule has 116 valence electrons. The summed E-state index contributed by atoms with van der Waals surface area (Å²) in [6, 6.07) is 2.19. The number of rotatable bonds is 3. The van der Waals surface area contributed by atoms with Crippen LogP contribution in [-0.2, 0) is 11.3 Å². The second-order valence-electron chi connectivity index (χ2n) is 6.31. The Morgan fingerprint density at radius 2 is 2.14 bits per heavy atom. The predicted molar refractivity (Wildman–Crippen MR) is 78.4 cm³/mol. The van der Waals surface area contributed by atoms with Gasteiger partial charge in [-0.3, -0.25) is 9.69 Å². The monoisotopic (exact) mass is 292 g/mol.